The van der Waals surface area contributed by atoms with Gasteiger partial charge < -0.3 is 9.47 Å². The highest BCUT2D eigenvalue weighted by molar-refractivity contribution is 8.01. The summed E-state index contributed by atoms with van der Waals surface area (Å²) in [6.07, 6.45) is 1.48. The average Bonchev–Trinajstić information content (AvgIpc) is 3.25. The van der Waals surface area contributed by atoms with Gasteiger partial charge in [0.2, 0.25) is 6.79 Å². The number of fused-ring (bicyclic) bond motifs is 2. The average molecular weight is 406 g/mol. The smallest absolute Gasteiger partial charge is 0.250 e. The lowest BCUT2D eigenvalue weighted by Gasteiger charge is -2.01. The third kappa shape index (κ3) is 3.77. The highest BCUT2D eigenvalue weighted by Gasteiger charge is 2.15. The van der Waals surface area contributed by atoms with Crippen molar-refractivity contribution in [2.24, 2.45) is 5.10 Å². The normalized spacial score (nSPS) is 12.8. The van der Waals surface area contributed by atoms with Crippen LogP contribution >= 0.6 is 34.7 Å². The summed E-state index contributed by atoms with van der Waals surface area (Å²) in [5, 5.41) is 4.42. The summed E-state index contributed by atoms with van der Waals surface area (Å²) in [6, 6.07) is 11.3. The van der Waals surface area contributed by atoms with Gasteiger partial charge in [0.15, 0.2) is 15.8 Å². The molecular weight excluding hydrogens is 394 g/mol. The van der Waals surface area contributed by atoms with Crippen LogP contribution in [0.25, 0.3) is 10.2 Å². The highest BCUT2D eigenvalue weighted by Crippen LogP contribution is 2.36. The molecule has 2 aromatic carbocycles. The SMILES string of the molecule is O=C(CSc1nc2ccccc2s1)NN=Cc1cc2c(cc1Cl)OCO2. The van der Waals surface area contributed by atoms with E-state index in [0.717, 1.165) is 14.6 Å². The summed E-state index contributed by atoms with van der Waals surface area (Å²) in [4.78, 5) is 16.4. The number of nitrogens with zero attached hydrogens (tertiary/aromatic N) is 2. The van der Waals surface area contributed by atoms with Crippen molar-refractivity contribution in [1.82, 2.24) is 10.4 Å². The van der Waals surface area contributed by atoms with Gasteiger partial charge in [-0.3, -0.25) is 4.79 Å². The van der Waals surface area contributed by atoms with E-state index in [2.05, 4.69) is 15.5 Å². The van der Waals surface area contributed by atoms with Gasteiger partial charge in [-0.1, -0.05) is 35.5 Å². The van der Waals surface area contributed by atoms with Gasteiger partial charge >= 0.3 is 0 Å². The Kier molecular flexibility index (Phi) is 4.96. The van der Waals surface area contributed by atoms with Crippen LogP contribution in [0.5, 0.6) is 11.5 Å². The fourth-order valence-corrected chi connectivity index (χ4v) is 4.34. The van der Waals surface area contributed by atoms with E-state index in [1.54, 1.807) is 23.5 Å². The Bertz CT molecular complexity index is 973. The van der Waals surface area contributed by atoms with E-state index in [1.807, 2.05) is 24.3 Å². The topological polar surface area (TPSA) is 72.8 Å². The summed E-state index contributed by atoms with van der Waals surface area (Å²) < 4.78 is 12.5. The van der Waals surface area contributed by atoms with Gasteiger partial charge in [0.1, 0.15) is 0 Å². The number of ether oxygens (including phenoxy) is 2. The summed E-state index contributed by atoms with van der Waals surface area (Å²) in [5.41, 5.74) is 4.06. The van der Waals surface area contributed by atoms with Gasteiger partial charge in [-0.05, 0) is 18.2 Å². The number of para-hydroxylation sites is 1. The minimum atomic E-state index is -0.220. The third-order valence-electron chi connectivity index (χ3n) is 3.49. The molecule has 0 saturated carbocycles. The molecule has 0 aliphatic carbocycles. The van der Waals surface area contributed by atoms with Crippen molar-refractivity contribution in [3.63, 3.8) is 0 Å². The molecule has 1 amide bonds. The molecule has 1 aliphatic heterocycles. The van der Waals surface area contributed by atoms with Crippen molar-refractivity contribution in [2.75, 3.05) is 12.5 Å². The second-order valence-electron chi connectivity index (χ2n) is 5.26. The van der Waals surface area contributed by atoms with Crippen LogP contribution in [0, 0.1) is 0 Å². The maximum atomic E-state index is 11.9. The number of benzene rings is 2. The molecule has 1 aromatic heterocycles. The summed E-state index contributed by atoms with van der Waals surface area (Å²) in [7, 11) is 0. The lowest BCUT2D eigenvalue weighted by atomic mass is 10.2. The molecule has 9 heteroatoms. The monoisotopic (exact) mass is 405 g/mol. The van der Waals surface area contributed by atoms with Crippen LogP contribution in [-0.4, -0.2) is 29.7 Å². The zero-order valence-corrected chi connectivity index (χ0v) is 15.7. The van der Waals surface area contributed by atoms with E-state index >= 15 is 0 Å². The first-order valence-electron chi connectivity index (χ1n) is 7.58. The molecular formula is C17H12ClN3O3S2. The Hall–Kier alpha value is -2.29. The van der Waals surface area contributed by atoms with Gasteiger partial charge in [0.05, 0.1) is 27.2 Å². The maximum absolute atomic E-state index is 11.9. The van der Waals surface area contributed by atoms with Crippen molar-refractivity contribution in [1.29, 1.82) is 0 Å². The fraction of sp³-hybridized carbons (Fsp3) is 0.118. The lowest BCUT2D eigenvalue weighted by Crippen LogP contribution is -2.19. The number of nitrogens with one attached hydrogen (secondary N) is 1. The second kappa shape index (κ2) is 7.53. The van der Waals surface area contributed by atoms with Crippen molar-refractivity contribution in [2.45, 2.75) is 4.34 Å². The van der Waals surface area contributed by atoms with Crippen LogP contribution in [0.2, 0.25) is 5.02 Å². The van der Waals surface area contributed by atoms with Crippen molar-refractivity contribution < 1.29 is 14.3 Å². The summed E-state index contributed by atoms with van der Waals surface area (Å²) in [6.45, 7) is 0.173. The Morgan fingerprint density at radius 1 is 1.35 bits per heavy atom. The number of thioether (sulfide) groups is 1. The molecule has 3 aromatic rings. The Morgan fingerprint density at radius 2 is 2.15 bits per heavy atom. The van der Waals surface area contributed by atoms with E-state index in [9.17, 15) is 4.79 Å². The molecule has 4 rings (SSSR count). The molecule has 1 N–H and O–H groups in total. The standard InChI is InChI=1S/C17H12ClN3O3S2/c18-11-6-14-13(23-9-24-14)5-10(11)7-19-21-16(22)8-25-17-20-12-3-1-2-4-15(12)26-17/h1-7H,8-9H2,(H,21,22). The zero-order chi connectivity index (χ0) is 17.9. The molecule has 26 heavy (non-hydrogen) atoms. The molecule has 2 heterocycles. The van der Waals surface area contributed by atoms with Gasteiger partial charge in [-0.2, -0.15) is 5.10 Å². The van der Waals surface area contributed by atoms with Crippen LogP contribution in [0.1, 0.15) is 5.56 Å². The van der Waals surface area contributed by atoms with Crippen LogP contribution in [0.15, 0.2) is 45.8 Å². The number of aromatic nitrogens is 1. The van der Waals surface area contributed by atoms with Crippen LogP contribution in [-0.2, 0) is 4.79 Å². The maximum Gasteiger partial charge on any atom is 0.250 e. The number of hydrazone groups is 1. The number of halogens is 1. The Morgan fingerprint density at radius 3 is 3.00 bits per heavy atom. The summed E-state index contributed by atoms with van der Waals surface area (Å²) >= 11 is 9.09. The van der Waals surface area contributed by atoms with Crippen LogP contribution < -0.4 is 14.9 Å². The zero-order valence-electron chi connectivity index (χ0n) is 13.3. The molecule has 132 valence electrons. The second-order valence-corrected chi connectivity index (χ2v) is 7.92. The lowest BCUT2D eigenvalue weighted by molar-refractivity contribution is -0.118. The predicted molar refractivity (Wildman–Crippen MR) is 104 cm³/mol. The van der Waals surface area contributed by atoms with Crippen molar-refractivity contribution >= 4 is 57.0 Å². The minimum absolute atomic E-state index is 0.173. The number of thiazole rings is 1. The number of carbonyl (C=O) groups is 1. The highest BCUT2D eigenvalue weighted by atomic mass is 35.5. The fourth-order valence-electron chi connectivity index (χ4n) is 2.28. The summed E-state index contributed by atoms with van der Waals surface area (Å²) in [5.74, 6) is 1.21. The molecule has 0 unspecified atom stereocenters. The number of carbonyl (C=O) groups excluding carboxylic acids is 1. The largest absolute Gasteiger partial charge is 0.454 e. The molecule has 0 atom stereocenters. The molecule has 0 fully saturated rings. The third-order valence-corrected chi connectivity index (χ3v) is 5.99. The van der Waals surface area contributed by atoms with E-state index in [-0.39, 0.29) is 18.5 Å². The molecule has 1 aliphatic rings. The number of hydrogen-bond acceptors (Lipinski definition) is 7. The van der Waals surface area contributed by atoms with Gasteiger partial charge in [0, 0.05) is 11.6 Å². The van der Waals surface area contributed by atoms with Crippen LogP contribution in [0.4, 0.5) is 0 Å². The first kappa shape index (κ1) is 17.1. The van der Waals surface area contributed by atoms with Gasteiger partial charge in [0.25, 0.3) is 5.91 Å². The minimum Gasteiger partial charge on any atom is -0.454 e. The molecule has 0 radical (unpaired) electrons. The first-order chi connectivity index (χ1) is 12.7. The van der Waals surface area contributed by atoms with E-state index in [1.165, 1.54) is 18.0 Å². The Balaban J connectivity index is 1.33. The van der Waals surface area contributed by atoms with Gasteiger partial charge in [-0.15, -0.1) is 11.3 Å². The number of hydrogen-bond donors (Lipinski definition) is 1. The Labute approximate surface area is 162 Å². The number of rotatable bonds is 5. The number of amides is 1. The van der Waals surface area contributed by atoms with Crippen LogP contribution in [0.3, 0.4) is 0 Å². The first-order valence-corrected chi connectivity index (χ1v) is 9.76. The molecule has 0 spiro atoms. The predicted octanol–water partition coefficient (Wildman–Crippen LogP) is 3.92. The van der Waals surface area contributed by atoms with E-state index < -0.39 is 0 Å². The molecule has 0 bridgehead atoms. The van der Waals surface area contributed by atoms with E-state index in [0.29, 0.717) is 22.1 Å². The molecule has 0 saturated heterocycles. The van der Waals surface area contributed by atoms with Crippen molar-refractivity contribution in [3.8, 4) is 11.5 Å². The van der Waals surface area contributed by atoms with E-state index in [4.69, 9.17) is 21.1 Å². The van der Waals surface area contributed by atoms with Gasteiger partial charge in [-0.25, -0.2) is 10.4 Å². The van der Waals surface area contributed by atoms with Crippen molar-refractivity contribution in [3.05, 3.63) is 47.0 Å². The molecule has 6 nitrogen and oxygen atoms in total. The quantitative estimate of drug-likeness (QED) is 0.395.